The van der Waals surface area contributed by atoms with E-state index in [9.17, 15) is 4.79 Å². The molecule has 1 aromatic heterocycles. The lowest BCUT2D eigenvalue weighted by Gasteiger charge is -2.35. The van der Waals surface area contributed by atoms with Gasteiger partial charge in [0.1, 0.15) is 18.1 Å². The van der Waals surface area contributed by atoms with Crippen LogP contribution in [0.25, 0.3) is 10.9 Å². The Bertz CT molecular complexity index is 1330. The molecule has 192 valence electrons. The summed E-state index contributed by atoms with van der Waals surface area (Å²) in [7, 11) is 1.68. The van der Waals surface area contributed by atoms with Gasteiger partial charge >= 0.3 is 0 Å². The van der Waals surface area contributed by atoms with Crippen LogP contribution in [0.1, 0.15) is 36.0 Å². The number of hydrogen-bond donors (Lipinski definition) is 1. The molecule has 1 aliphatic heterocycles. The van der Waals surface area contributed by atoms with E-state index in [4.69, 9.17) is 9.47 Å². The van der Waals surface area contributed by atoms with Crippen LogP contribution in [0.15, 0.2) is 79.0 Å². The van der Waals surface area contributed by atoms with E-state index in [0.717, 1.165) is 71.8 Å². The molecular weight excluding hydrogens is 462 g/mol. The van der Waals surface area contributed by atoms with E-state index in [-0.39, 0.29) is 11.8 Å². The number of benzene rings is 3. The minimum absolute atomic E-state index is 0.113. The number of methoxy groups -OCH3 is 1. The maximum absolute atomic E-state index is 13.6. The average Bonchev–Trinajstić information content (AvgIpc) is 3.38. The lowest BCUT2D eigenvalue weighted by Crippen LogP contribution is -2.48. The van der Waals surface area contributed by atoms with Crippen molar-refractivity contribution in [2.45, 2.75) is 25.9 Å². The van der Waals surface area contributed by atoms with Crippen molar-refractivity contribution in [1.82, 2.24) is 14.8 Å². The normalized spacial score (nSPS) is 15.0. The highest BCUT2D eigenvalue weighted by Crippen LogP contribution is 2.36. The second kappa shape index (κ2) is 11.5. The lowest BCUT2D eigenvalue weighted by atomic mass is 9.87. The third-order valence-corrected chi connectivity index (χ3v) is 7.36. The Hall–Kier alpha value is -3.77. The van der Waals surface area contributed by atoms with E-state index < -0.39 is 0 Å². The van der Waals surface area contributed by atoms with E-state index in [0.29, 0.717) is 13.0 Å². The monoisotopic (exact) mass is 497 g/mol. The summed E-state index contributed by atoms with van der Waals surface area (Å²) in [5, 5.41) is 1.07. The Labute approximate surface area is 218 Å². The summed E-state index contributed by atoms with van der Waals surface area (Å²) in [5.74, 6) is 1.67. The smallest absolute Gasteiger partial charge is 0.223 e. The van der Waals surface area contributed by atoms with Crippen molar-refractivity contribution >= 4 is 16.8 Å². The number of fused-ring (bicyclic) bond motifs is 1. The molecule has 3 aromatic carbocycles. The number of carbonyl (C=O) groups is 1. The van der Waals surface area contributed by atoms with Gasteiger partial charge in [-0.25, -0.2) is 0 Å². The van der Waals surface area contributed by atoms with Crippen molar-refractivity contribution in [3.63, 3.8) is 0 Å². The van der Waals surface area contributed by atoms with Gasteiger partial charge in [-0.1, -0.05) is 49.4 Å². The van der Waals surface area contributed by atoms with Crippen molar-refractivity contribution in [3.8, 4) is 11.5 Å². The first-order chi connectivity index (χ1) is 18.1. The summed E-state index contributed by atoms with van der Waals surface area (Å²) < 4.78 is 11.6. The van der Waals surface area contributed by atoms with Crippen LogP contribution in [0.3, 0.4) is 0 Å². The van der Waals surface area contributed by atoms with Crippen LogP contribution in [0.5, 0.6) is 11.5 Å². The fourth-order valence-corrected chi connectivity index (χ4v) is 5.12. The van der Waals surface area contributed by atoms with Gasteiger partial charge < -0.3 is 24.3 Å². The van der Waals surface area contributed by atoms with Crippen molar-refractivity contribution in [2.24, 2.45) is 0 Å². The van der Waals surface area contributed by atoms with Crippen LogP contribution in [0.4, 0.5) is 0 Å². The largest absolute Gasteiger partial charge is 0.497 e. The number of aromatic nitrogens is 1. The highest BCUT2D eigenvalue weighted by Gasteiger charge is 2.27. The van der Waals surface area contributed by atoms with Crippen molar-refractivity contribution in [2.75, 3.05) is 39.8 Å². The maximum Gasteiger partial charge on any atom is 0.223 e. The number of likely N-dealkylation sites (N-methyl/N-ethyl adjacent to an activating group) is 1. The number of hydrogen-bond acceptors (Lipinski definition) is 4. The highest BCUT2D eigenvalue weighted by molar-refractivity contribution is 5.87. The van der Waals surface area contributed by atoms with Gasteiger partial charge in [-0.15, -0.1) is 0 Å². The third kappa shape index (κ3) is 5.81. The number of piperazine rings is 1. The molecule has 0 aliphatic carbocycles. The van der Waals surface area contributed by atoms with E-state index in [1.807, 2.05) is 53.6 Å². The van der Waals surface area contributed by atoms with E-state index in [1.54, 1.807) is 7.11 Å². The molecule has 4 aromatic rings. The standard InChI is InChI=1S/C31H35N3O3/c1-3-33-14-16-34(17-15-33)31(35)20-27(29-21-32-30-13-12-25(36-2)19-28(29)30)24-10-7-11-26(18-24)37-22-23-8-5-4-6-9-23/h4-13,18-19,21,27,32H,3,14-17,20,22H2,1-2H3/t27-/m0/s1. The average molecular weight is 498 g/mol. The van der Waals surface area contributed by atoms with Crippen molar-refractivity contribution in [1.29, 1.82) is 0 Å². The number of carbonyl (C=O) groups excluding carboxylic acids is 1. The van der Waals surface area contributed by atoms with Gasteiger partial charge in [0.25, 0.3) is 0 Å². The third-order valence-electron chi connectivity index (χ3n) is 7.36. The predicted octanol–water partition coefficient (Wildman–Crippen LogP) is 5.44. The minimum Gasteiger partial charge on any atom is -0.497 e. The number of amides is 1. The van der Waals surface area contributed by atoms with Crippen LogP contribution in [-0.4, -0.2) is 60.5 Å². The Balaban J connectivity index is 1.44. The summed E-state index contributed by atoms with van der Waals surface area (Å²) in [6.45, 7) is 7.12. The molecular formula is C31H35N3O3. The van der Waals surface area contributed by atoms with Gasteiger partial charge in [-0.3, -0.25) is 4.79 Å². The zero-order valence-electron chi connectivity index (χ0n) is 21.7. The summed E-state index contributed by atoms with van der Waals surface area (Å²) in [4.78, 5) is 21.4. The number of aromatic amines is 1. The first-order valence-electron chi connectivity index (χ1n) is 13.1. The van der Waals surface area contributed by atoms with Gasteiger partial charge in [0.2, 0.25) is 5.91 Å². The van der Waals surface area contributed by atoms with Crippen LogP contribution >= 0.6 is 0 Å². The highest BCUT2D eigenvalue weighted by atomic mass is 16.5. The molecule has 5 rings (SSSR count). The van der Waals surface area contributed by atoms with Gasteiger partial charge in [-0.05, 0) is 53.6 Å². The fraction of sp³-hybridized carbons (Fsp3) is 0.323. The lowest BCUT2D eigenvalue weighted by molar-refractivity contribution is -0.133. The molecule has 6 nitrogen and oxygen atoms in total. The van der Waals surface area contributed by atoms with Crippen LogP contribution in [0, 0.1) is 0 Å². The Morgan fingerprint density at radius 2 is 1.76 bits per heavy atom. The van der Waals surface area contributed by atoms with E-state index in [1.165, 1.54) is 0 Å². The first kappa shape index (κ1) is 24.9. The molecule has 37 heavy (non-hydrogen) atoms. The molecule has 0 unspecified atom stereocenters. The molecule has 0 spiro atoms. The summed E-state index contributed by atoms with van der Waals surface area (Å²) >= 11 is 0. The number of ether oxygens (including phenoxy) is 2. The topological polar surface area (TPSA) is 57.8 Å². The molecule has 6 heteroatoms. The first-order valence-corrected chi connectivity index (χ1v) is 13.1. The number of nitrogens with one attached hydrogen (secondary N) is 1. The number of rotatable bonds is 9. The second-order valence-corrected chi connectivity index (χ2v) is 9.57. The molecule has 1 N–H and O–H groups in total. The van der Waals surface area contributed by atoms with E-state index >= 15 is 0 Å². The molecule has 0 saturated carbocycles. The zero-order valence-corrected chi connectivity index (χ0v) is 21.7. The summed E-state index contributed by atoms with van der Waals surface area (Å²) in [6.07, 6.45) is 2.44. The summed E-state index contributed by atoms with van der Waals surface area (Å²) in [5.41, 5.74) is 4.31. The van der Waals surface area contributed by atoms with Crippen molar-refractivity contribution < 1.29 is 14.3 Å². The molecule has 1 atom stereocenters. The van der Waals surface area contributed by atoms with Gasteiger partial charge in [0.15, 0.2) is 0 Å². The van der Waals surface area contributed by atoms with Gasteiger partial charge in [-0.2, -0.15) is 0 Å². The van der Waals surface area contributed by atoms with Gasteiger partial charge in [0, 0.05) is 55.6 Å². The fourth-order valence-electron chi connectivity index (χ4n) is 5.12. The Morgan fingerprint density at radius 1 is 0.946 bits per heavy atom. The molecule has 1 saturated heterocycles. The molecule has 1 fully saturated rings. The minimum atomic E-state index is -0.113. The Kier molecular flexibility index (Phi) is 7.76. The predicted molar refractivity (Wildman–Crippen MR) is 147 cm³/mol. The molecule has 1 aliphatic rings. The molecule has 1 amide bonds. The van der Waals surface area contributed by atoms with Gasteiger partial charge in [0.05, 0.1) is 7.11 Å². The van der Waals surface area contributed by atoms with Crippen LogP contribution in [0.2, 0.25) is 0 Å². The summed E-state index contributed by atoms with van der Waals surface area (Å²) in [6, 6.07) is 24.4. The SMILES string of the molecule is CCN1CCN(C(=O)C[C@@H](c2cccc(OCc3ccccc3)c2)c2c[nH]c3ccc(OC)cc23)CC1. The zero-order chi connectivity index (χ0) is 25.6. The molecule has 0 bridgehead atoms. The van der Waals surface area contributed by atoms with E-state index in [2.05, 4.69) is 47.1 Å². The molecule has 2 heterocycles. The van der Waals surface area contributed by atoms with Crippen LogP contribution < -0.4 is 9.47 Å². The number of H-pyrrole nitrogens is 1. The van der Waals surface area contributed by atoms with Crippen LogP contribution in [-0.2, 0) is 11.4 Å². The quantitative estimate of drug-likeness (QED) is 0.335. The Morgan fingerprint density at radius 3 is 2.51 bits per heavy atom. The number of nitrogens with zero attached hydrogens (tertiary/aromatic N) is 2. The maximum atomic E-state index is 13.6. The second-order valence-electron chi connectivity index (χ2n) is 9.57. The molecule has 0 radical (unpaired) electrons. The van der Waals surface area contributed by atoms with Crippen molar-refractivity contribution in [3.05, 3.63) is 95.7 Å².